The maximum absolute atomic E-state index is 9.59. The summed E-state index contributed by atoms with van der Waals surface area (Å²) in [5.74, 6) is 0. The van der Waals surface area contributed by atoms with E-state index in [4.69, 9.17) is 4.80 Å². The third kappa shape index (κ3) is 5.09. The zero-order chi connectivity index (χ0) is 5.86. The Morgan fingerprint density at radius 3 is 2.29 bits per heavy atom. The highest BCUT2D eigenvalue weighted by atomic mass is 28.3. The van der Waals surface area contributed by atoms with Crippen molar-refractivity contribution in [3.63, 3.8) is 0 Å². The highest BCUT2D eigenvalue weighted by molar-refractivity contribution is 6.34. The van der Waals surface area contributed by atoms with E-state index in [1.165, 1.54) is 0 Å². The Labute approximate surface area is 41.0 Å². The summed E-state index contributed by atoms with van der Waals surface area (Å²) in [5.41, 5.74) is 4.41. The fraction of sp³-hybridized carbons (Fsp3) is 0. The smallest absolute Gasteiger partial charge is 0.525 e. The van der Waals surface area contributed by atoms with Crippen molar-refractivity contribution in [2.24, 2.45) is 5.73 Å². The van der Waals surface area contributed by atoms with Crippen LogP contribution in [0.15, 0.2) is 0 Å². The molecule has 0 aromatic carbocycles. The molecule has 0 spiro atoms. The molecule has 0 bridgehead atoms. The van der Waals surface area contributed by atoms with Crippen LogP contribution >= 0.6 is 0 Å². The number of nitrogens with one attached hydrogen (secondary N) is 1. The molecule has 0 rings (SSSR count). The molecule has 2 amide bonds. The minimum absolute atomic E-state index is 0.980. The summed E-state index contributed by atoms with van der Waals surface area (Å²) in [6.45, 7) is 0. The van der Waals surface area contributed by atoms with Gasteiger partial charge in [-0.25, -0.2) is 4.79 Å². The van der Waals surface area contributed by atoms with Gasteiger partial charge in [0.15, 0.2) is 0 Å². The van der Waals surface area contributed by atoms with Gasteiger partial charge in [-0.3, -0.25) is 4.98 Å². The van der Waals surface area contributed by atoms with Crippen molar-refractivity contribution >= 4 is 15.1 Å². The molecular formula is CH4N2O3Si. The zero-order valence-corrected chi connectivity index (χ0v) is 4.34. The van der Waals surface area contributed by atoms with Gasteiger partial charge in [-0.15, -0.1) is 0 Å². The van der Waals surface area contributed by atoms with Crippen LogP contribution in [0.1, 0.15) is 0 Å². The first kappa shape index (κ1) is 6.09. The lowest BCUT2D eigenvalue weighted by molar-refractivity contribution is 0.251. The number of nitrogens with two attached hydrogens (primary N) is 1. The van der Waals surface area contributed by atoms with Gasteiger partial charge in [0, 0.05) is 0 Å². The average molecular weight is 120 g/mol. The molecule has 0 radical (unpaired) electrons. The molecule has 7 heavy (non-hydrogen) atoms. The van der Waals surface area contributed by atoms with Crippen molar-refractivity contribution in [2.45, 2.75) is 0 Å². The fourth-order valence-corrected chi connectivity index (χ4v) is 0.316. The van der Waals surface area contributed by atoms with Crippen LogP contribution in [0.5, 0.6) is 0 Å². The van der Waals surface area contributed by atoms with Crippen LogP contribution in [-0.2, 0) is 4.46 Å². The third-order valence-electron chi connectivity index (χ3n) is 0.230. The van der Waals surface area contributed by atoms with E-state index in [9.17, 15) is 9.26 Å². The quantitative estimate of drug-likeness (QED) is 0.351. The Kier molecular flexibility index (Phi) is 1.99. The van der Waals surface area contributed by atoms with Crippen LogP contribution < -0.4 is 10.7 Å². The number of urea groups is 1. The minimum Gasteiger partial charge on any atom is -0.525 e. The van der Waals surface area contributed by atoms with E-state index in [0.29, 0.717) is 0 Å². The largest absolute Gasteiger partial charge is 0.641 e. The average Bonchev–Trinajstić information content (AvgIpc) is 1.27. The number of amides is 2. The van der Waals surface area contributed by atoms with Crippen molar-refractivity contribution in [3.05, 3.63) is 0 Å². The molecule has 4 N–H and O–H groups in total. The number of hydrogen-bond donors (Lipinski definition) is 3. The Morgan fingerprint density at radius 1 is 1.86 bits per heavy atom. The molecule has 0 aromatic heterocycles. The molecule has 0 aliphatic heterocycles. The predicted molar refractivity (Wildman–Crippen MR) is 21.4 cm³/mol. The first-order chi connectivity index (χ1) is 3.13. The second-order valence-corrected chi connectivity index (χ2v) is 1.65. The molecule has 0 unspecified atom stereocenters. The molecule has 0 saturated carbocycles. The van der Waals surface area contributed by atoms with Gasteiger partial charge in [0.2, 0.25) is 0 Å². The normalized spacial score (nSPS) is 7.43. The van der Waals surface area contributed by atoms with Crippen molar-refractivity contribution < 1.29 is 14.1 Å². The van der Waals surface area contributed by atoms with Gasteiger partial charge in [-0.1, -0.05) is 0 Å². The van der Waals surface area contributed by atoms with Gasteiger partial charge in [0.05, 0.1) is 0 Å². The van der Waals surface area contributed by atoms with Crippen molar-refractivity contribution in [2.75, 3.05) is 0 Å². The summed E-state index contributed by atoms with van der Waals surface area (Å²) in [6.07, 6.45) is 0. The summed E-state index contributed by atoms with van der Waals surface area (Å²) < 4.78 is 9.58. The molecular weight excluding hydrogens is 116 g/mol. The van der Waals surface area contributed by atoms with Gasteiger partial charge >= 0.3 is 15.1 Å². The van der Waals surface area contributed by atoms with Crippen molar-refractivity contribution in [1.29, 1.82) is 0 Å². The lowest BCUT2D eigenvalue weighted by atomic mass is 11.2. The second kappa shape index (κ2) is 2.29. The summed E-state index contributed by atoms with van der Waals surface area (Å²) in [5, 5.41) is 0. The lowest BCUT2D eigenvalue weighted by Gasteiger charge is -1.84. The number of hydrogen-bond acceptors (Lipinski definition) is 2. The number of primary amides is 1. The third-order valence-corrected chi connectivity index (χ3v) is 0.690. The van der Waals surface area contributed by atoms with Gasteiger partial charge in [-0.2, -0.15) is 0 Å². The van der Waals surface area contributed by atoms with Crippen LogP contribution in [0, 0.1) is 0 Å². The number of rotatable bonds is 1. The first-order valence-electron chi connectivity index (χ1n) is 1.42. The second-order valence-electron chi connectivity index (χ2n) is 0.794. The molecule has 0 aliphatic carbocycles. The molecule has 0 heterocycles. The minimum atomic E-state index is -2.91. The van der Waals surface area contributed by atoms with E-state index in [1.807, 2.05) is 0 Å². The van der Waals surface area contributed by atoms with E-state index in [1.54, 1.807) is 4.98 Å². The van der Waals surface area contributed by atoms with Crippen molar-refractivity contribution in [1.82, 2.24) is 4.98 Å². The molecule has 0 aliphatic rings. The number of carbonyl (C=O) groups is 1. The Bertz CT molecular complexity index is 89.1. The Hall–Kier alpha value is -0.913. The van der Waals surface area contributed by atoms with Gasteiger partial charge in [-0.05, 0) is 0 Å². The zero-order valence-electron chi connectivity index (χ0n) is 3.34. The first-order valence-corrected chi connectivity index (χ1v) is 2.78. The molecule has 0 saturated heterocycles. The van der Waals surface area contributed by atoms with E-state index in [0.717, 1.165) is 0 Å². The standard InChI is InChI=1S/CH4N2O3Si/c2-1(4)3-7(5)6/h5H,(H3,2,3,4). The molecule has 40 valence electrons. The number of carbonyl (C=O) groups excluding carboxylic acids is 1. The highest BCUT2D eigenvalue weighted by Crippen LogP contribution is 1.48. The monoisotopic (exact) mass is 120 g/mol. The Balaban J connectivity index is 3.32. The molecule has 0 atom stereocenters. The van der Waals surface area contributed by atoms with Crippen LogP contribution in [-0.4, -0.2) is 19.9 Å². The van der Waals surface area contributed by atoms with Crippen LogP contribution in [0.4, 0.5) is 4.79 Å². The predicted octanol–water partition coefficient (Wildman–Crippen LogP) is -1.94. The summed E-state index contributed by atoms with van der Waals surface area (Å²) in [6, 6.07) is -0.980. The van der Waals surface area contributed by atoms with Crippen LogP contribution in [0.2, 0.25) is 0 Å². The van der Waals surface area contributed by atoms with Gasteiger partial charge in [0.25, 0.3) is 0 Å². The van der Waals surface area contributed by atoms with Crippen LogP contribution in [0.3, 0.4) is 0 Å². The highest BCUT2D eigenvalue weighted by Gasteiger charge is 2.01. The van der Waals surface area contributed by atoms with Gasteiger partial charge < -0.3 is 15.0 Å². The van der Waals surface area contributed by atoms with E-state index < -0.39 is 15.1 Å². The Morgan fingerprint density at radius 2 is 2.29 bits per heavy atom. The summed E-state index contributed by atoms with van der Waals surface area (Å²) >= 11 is 0. The van der Waals surface area contributed by atoms with Crippen molar-refractivity contribution in [3.8, 4) is 0 Å². The molecule has 6 heteroatoms. The summed E-state index contributed by atoms with van der Waals surface area (Å²) in [7, 11) is -2.91. The molecule has 5 nitrogen and oxygen atoms in total. The van der Waals surface area contributed by atoms with E-state index in [-0.39, 0.29) is 0 Å². The van der Waals surface area contributed by atoms with Gasteiger partial charge in [0.1, 0.15) is 0 Å². The summed E-state index contributed by atoms with van der Waals surface area (Å²) in [4.78, 5) is 19.0. The molecule has 0 aromatic rings. The fourth-order valence-electron chi connectivity index (χ4n) is 0.105. The maximum atomic E-state index is 9.59. The van der Waals surface area contributed by atoms with E-state index in [2.05, 4.69) is 5.73 Å². The lowest BCUT2D eigenvalue weighted by Crippen LogP contribution is -2.36. The molecule has 0 fully saturated rings. The van der Waals surface area contributed by atoms with Crippen LogP contribution in [0.25, 0.3) is 0 Å². The topological polar surface area (TPSA) is 92.4 Å². The maximum Gasteiger partial charge on any atom is 0.641 e. The van der Waals surface area contributed by atoms with E-state index >= 15 is 0 Å². The SMILES string of the molecule is NC(=O)N[Si](=O)O.